The number of hydrogen-bond acceptors (Lipinski definition) is 3. The van der Waals surface area contributed by atoms with E-state index in [0.717, 1.165) is 44.5 Å². The van der Waals surface area contributed by atoms with Gasteiger partial charge in [-0.05, 0) is 56.8 Å². The maximum Gasteiger partial charge on any atom is 0.120 e. The van der Waals surface area contributed by atoms with Gasteiger partial charge >= 0.3 is 0 Å². The lowest BCUT2D eigenvalue weighted by atomic mass is 10.0. The van der Waals surface area contributed by atoms with E-state index in [2.05, 4.69) is 17.0 Å². The predicted molar refractivity (Wildman–Crippen MR) is 91.1 cm³/mol. The quantitative estimate of drug-likeness (QED) is 0.645. The number of unbranched alkanes of at least 4 members (excludes halogenated alkanes) is 5. The molecule has 2 rings (SSSR count). The smallest absolute Gasteiger partial charge is 0.120 e. The second-order valence-electron chi connectivity index (χ2n) is 6.54. The summed E-state index contributed by atoms with van der Waals surface area (Å²) in [6.07, 6.45) is 10.6. The molecule has 0 aliphatic carbocycles. The molecule has 3 heteroatoms. The Balaban J connectivity index is 1.67. The normalized spacial score (nSPS) is 15.5. The molecule has 0 bridgehead atoms. The largest absolute Gasteiger partial charge is 0.508 e. The molecule has 1 saturated heterocycles. The van der Waals surface area contributed by atoms with Gasteiger partial charge in [-0.1, -0.05) is 37.8 Å². The topological polar surface area (TPSA) is 43.7 Å². The molecular formula is C19H31NO2. The summed E-state index contributed by atoms with van der Waals surface area (Å²) < 4.78 is 0. The number of likely N-dealkylation sites (tertiary alicyclic amines) is 1. The Morgan fingerprint density at radius 3 is 2.27 bits per heavy atom. The Bertz CT molecular complexity index is 427. The monoisotopic (exact) mass is 305 g/mol. The van der Waals surface area contributed by atoms with Crippen LogP contribution >= 0.6 is 0 Å². The minimum atomic E-state index is 0.322. The summed E-state index contributed by atoms with van der Waals surface area (Å²) in [4.78, 5) is 2.42. The van der Waals surface area contributed by atoms with E-state index in [1.54, 1.807) is 0 Å². The van der Waals surface area contributed by atoms with E-state index in [1.807, 2.05) is 6.07 Å². The molecule has 2 N–H and O–H groups in total. The van der Waals surface area contributed by atoms with Crippen LogP contribution in [-0.4, -0.2) is 34.8 Å². The molecule has 1 heterocycles. The molecular weight excluding hydrogens is 274 g/mol. The van der Waals surface area contributed by atoms with Crippen molar-refractivity contribution >= 4 is 0 Å². The van der Waals surface area contributed by atoms with Gasteiger partial charge in [0.15, 0.2) is 0 Å². The van der Waals surface area contributed by atoms with Gasteiger partial charge in [0.25, 0.3) is 0 Å². The van der Waals surface area contributed by atoms with Gasteiger partial charge in [0, 0.05) is 18.7 Å². The van der Waals surface area contributed by atoms with E-state index in [0.29, 0.717) is 12.4 Å². The Morgan fingerprint density at radius 1 is 0.909 bits per heavy atom. The first kappa shape index (κ1) is 17.3. The van der Waals surface area contributed by atoms with E-state index >= 15 is 0 Å². The lowest BCUT2D eigenvalue weighted by molar-refractivity contribution is 0.282. The van der Waals surface area contributed by atoms with Crippen LogP contribution in [0.2, 0.25) is 0 Å². The number of phenols is 1. The third-order valence-electron chi connectivity index (χ3n) is 4.62. The van der Waals surface area contributed by atoms with Gasteiger partial charge in [0.05, 0.1) is 0 Å². The van der Waals surface area contributed by atoms with Crippen LogP contribution in [0.15, 0.2) is 18.2 Å². The number of aliphatic hydroxyl groups excluding tert-OH is 1. The second-order valence-corrected chi connectivity index (χ2v) is 6.54. The Hall–Kier alpha value is -1.06. The summed E-state index contributed by atoms with van der Waals surface area (Å²) in [5.74, 6) is 0.465. The Labute approximate surface area is 135 Å². The minimum Gasteiger partial charge on any atom is -0.508 e. The molecule has 1 aliphatic rings. The number of benzene rings is 1. The summed E-state index contributed by atoms with van der Waals surface area (Å²) in [7, 11) is 0. The van der Waals surface area contributed by atoms with Crippen LogP contribution in [0.4, 0.5) is 0 Å². The van der Waals surface area contributed by atoms with E-state index in [-0.39, 0.29) is 0 Å². The van der Waals surface area contributed by atoms with Crippen LogP contribution in [0.3, 0.4) is 0 Å². The lowest BCUT2D eigenvalue weighted by Crippen LogP contribution is -2.18. The van der Waals surface area contributed by atoms with Gasteiger partial charge in [-0.3, -0.25) is 4.90 Å². The number of aliphatic hydroxyl groups is 1. The zero-order chi connectivity index (χ0) is 15.6. The van der Waals surface area contributed by atoms with E-state index < -0.39 is 0 Å². The molecule has 0 spiro atoms. The highest BCUT2D eigenvalue weighted by molar-refractivity contribution is 5.36. The zero-order valence-corrected chi connectivity index (χ0v) is 13.8. The van der Waals surface area contributed by atoms with Crippen LogP contribution < -0.4 is 0 Å². The maximum absolute atomic E-state index is 10.2. The van der Waals surface area contributed by atoms with Gasteiger partial charge in [0.2, 0.25) is 0 Å². The molecule has 3 nitrogen and oxygen atoms in total. The fourth-order valence-corrected chi connectivity index (χ4v) is 3.23. The maximum atomic E-state index is 10.2. The van der Waals surface area contributed by atoms with Crippen molar-refractivity contribution in [2.75, 3.05) is 19.7 Å². The average molecular weight is 305 g/mol. The molecule has 1 aromatic carbocycles. The lowest BCUT2D eigenvalue weighted by Gasteiger charge is -2.16. The van der Waals surface area contributed by atoms with Gasteiger partial charge in [-0.25, -0.2) is 0 Å². The molecule has 0 amide bonds. The highest BCUT2D eigenvalue weighted by Gasteiger charge is 2.13. The average Bonchev–Trinajstić information content (AvgIpc) is 3.02. The van der Waals surface area contributed by atoms with Crippen LogP contribution in [0, 0.1) is 0 Å². The standard InChI is InChI=1S/C19H31NO2/c21-14-8-4-2-1-3-5-9-17-10-11-18(19(22)15-17)16-20-12-6-7-13-20/h10-11,15,21-22H,1-9,12-14,16H2. The van der Waals surface area contributed by atoms with Crippen molar-refractivity contribution in [2.24, 2.45) is 0 Å². The molecule has 0 aromatic heterocycles. The molecule has 0 atom stereocenters. The van der Waals surface area contributed by atoms with E-state index in [1.165, 1.54) is 44.1 Å². The van der Waals surface area contributed by atoms with E-state index in [9.17, 15) is 5.11 Å². The van der Waals surface area contributed by atoms with Crippen molar-refractivity contribution in [3.8, 4) is 5.75 Å². The van der Waals surface area contributed by atoms with Crippen molar-refractivity contribution in [1.82, 2.24) is 4.90 Å². The van der Waals surface area contributed by atoms with Gasteiger partial charge < -0.3 is 10.2 Å². The molecule has 0 unspecified atom stereocenters. The molecule has 1 fully saturated rings. The summed E-state index contributed by atoms with van der Waals surface area (Å²) in [5, 5.41) is 18.9. The number of phenolic OH excluding ortho intramolecular Hbond substituents is 1. The highest BCUT2D eigenvalue weighted by atomic mass is 16.3. The second kappa shape index (κ2) is 9.86. The van der Waals surface area contributed by atoms with Crippen molar-refractivity contribution in [1.29, 1.82) is 0 Å². The summed E-state index contributed by atoms with van der Waals surface area (Å²) in [6, 6.07) is 6.23. The number of nitrogens with zero attached hydrogens (tertiary/aromatic N) is 1. The summed E-state index contributed by atoms with van der Waals surface area (Å²) in [5.41, 5.74) is 2.31. The van der Waals surface area contributed by atoms with Crippen LogP contribution in [0.25, 0.3) is 0 Å². The van der Waals surface area contributed by atoms with Crippen LogP contribution in [0.1, 0.15) is 62.5 Å². The van der Waals surface area contributed by atoms with Crippen molar-refractivity contribution < 1.29 is 10.2 Å². The van der Waals surface area contributed by atoms with Crippen molar-refractivity contribution in [3.05, 3.63) is 29.3 Å². The zero-order valence-electron chi connectivity index (χ0n) is 13.8. The Morgan fingerprint density at radius 2 is 1.59 bits per heavy atom. The molecule has 22 heavy (non-hydrogen) atoms. The molecule has 0 radical (unpaired) electrons. The van der Waals surface area contributed by atoms with Gasteiger partial charge in [-0.2, -0.15) is 0 Å². The third-order valence-corrected chi connectivity index (χ3v) is 4.62. The fourth-order valence-electron chi connectivity index (χ4n) is 3.23. The predicted octanol–water partition coefficient (Wildman–Crippen LogP) is 3.86. The van der Waals surface area contributed by atoms with Crippen LogP contribution in [-0.2, 0) is 13.0 Å². The molecule has 0 saturated carbocycles. The van der Waals surface area contributed by atoms with E-state index in [4.69, 9.17) is 5.11 Å². The first-order valence-electron chi connectivity index (χ1n) is 8.93. The number of aromatic hydroxyl groups is 1. The first-order chi connectivity index (χ1) is 10.8. The van der Waals surface area contributed by atoms with Crippen LogP contribution in [0.5, 0.6) is 5.75 Å². The molecule has 1 aromatic rings. The highest BCUT2D eigenvalue weighted by Crippen LogP contribution is 2.23. The number of aryl methyl sites for hydroxylation is 1. The van der Waals surface area contributed by atoms with Crippen molar-refractivity contribution in [3.63, 3.8) is 0 Å². The number of hydrogen-bond donors (Lipinski definition) is 2. The fraction of sp³-hybridized carbons (Fsp3) is 0.684. The Kier molecular flexibility index (Phi) is 7.75. The summed E-state index contributed by atoms with van der Waals surface area (Å²) in [6.45, 7) is 3.54. The minimum absolute atomic E-state index is 0.322. The van der Waals surface area contributed by atoms with Crippen molar-refractivity contribution in [2.45, 2.75) is 64.3 Å². The SMILES string of the molecule is OCCCCCCCCc1ccc(CN2CCCC2)c(O)c1. The first-order valence-corrected chi connectivity index (χ1v) is 8.93. The summed E-state index contributed by atoms with van der Waals surface area (Å²) >= 11 is 0. The third kappa shape index (κ3) is 5.98. The molecule has 1 aliphatic heterocycles. The number of rotatable bonds is 10. The van der Waals surface area contributed by atoms with Gasteiger partial charge in [-0.15, -0.1) is 0 Å². The molecule has 124 valence electrons. The van der Waals surface area contributed by atoms with Gasteiger partial charge in [0.1, 0.15) is 5.75 Å².